The average molecular weight is 294 g/mol. The van der Waals surface area contributed by atoms with E-state index in [4.69, 9.17) is 4.42 Å². The molecule has 0 unspecified atom stereocenters. The zero-order valence-corrected chi connectivity index (χ0v) is 12.6. The predicted molar refractivity (Wildman–Crippen MR) is 88.1 cm³/mol. The quantitative estimate of drug-likeness (QED) is 0.667. The normalized spacial score (nSPS) is 10.8. The summed E-state index contributed by atoms with van der Waals surface area (Å²) in [5, 5.41) is 21.0. The van der Waals surface area contributed by atoms with E-state index in [9.17, 15) is 10.2 Å². The molecule has 0 aliphatic rings. The second kappa shape index (κ2) is 5.60. The molecule has 0 atom stereocenters. The van der Waals surface area contributed by atoms with Gasteiger partial charge in [0.1, 0.15) is 22.8 Å². The molecule has 0 fully saturated rings. The van der Waals surface area contributed by atoms with Crippen LogP contribution in [-0.4, -0.2) is 10.2 Å². The minimum atomic E-state index is 0.0221. The highest BCUT2D eigenvalue weighted by atomic mass is 16.3. The van der Waals surface area contributed by atoms with Crippen molar-refractivity contribution in [3.63, 3.8) is 0 Å². The molecule has 0 amide bonds. The number of fused-ring (bicyclic) bond motifs is 1. The Labute approximate surface area is 129 Å². The van der Waals surface area contributed by atoms with Gasteiger partial charge in [0.05, 0.1) is 0 Å². The second-order valence-corrected chi connectivity index (χ2v) is 5.63. The Morgan fingerprint density at radius 3 is 2.59 bits per heavy atom. The van der Waals surface area contributed by atoms with Crippen LogP contribution < -0.4 is 0 Å². The third kappa shape index (κ3) is 2.70. The summed E-state index contributed by atoms with van der Waals surface area (Å²) in [7, 11) is 0. The van der Waals surface area contributed by atoms with Gasteiger partial charge in [0.25, 0.3) is 0 Å². The molecular formula is C19H18O3. The van der Waals surface area contributed by atoms with Gasteiger partial charge in [0.15, 0.2) is 0 Å². The van der Waals surface area contributed by atoms with E-state index in [1.165, 1.54) is 11.6 Å². The lowest BCUT2D eigenvalue weighted by atomic mass is 9.99. The van der Waals surface area contributed by atoms with Gasteiger partial charge in [-0.15, -0.1) is 0 Å². The zero-order valence-electron chi connectivity index (χ0n) is 12.6. The summed E-state index contributed by atoms with van der Waals surface area (Å²) >= 11 is 0. The van der Waals surface area contributed by atoms with Gasteiger partial charge >= 0.3 is 0 Å². The topological polar surface area (TPSA) is 53.6 Å². The summed E-state index contributed by atoms with van der Waals surface area (Å²) in [5.74, 6) is 0.742. The van der Waals surface area contributed by atoms with Crippen molar-refractivity contribution < 1.29 is 14.6 Å². The van der Waals surface area contributed by atoms with E-state index in [1.807, 2.05) is 50.3 Å². The fraction of sp³-hybridized carbons (Fsp3) is 0.158. The number of para-hydroxylation sites is 1. The molecule has 22 heavy (non-hydrogen) atoms. The Balaban J connectivity index is 2.17. The van der Waals surface area contributed by atoms with E-state index in [-0.39, 0.29) is 11.5 Å². The average Bonchev–Trinajstić information content (AvgIpc) is 2.89. The van der Waals surface area contributed by atoms with Gasteiger partial charge in [-0.25, -0.2) is 0 Å². The van der Waals surface area contributed by atoms with Crippen molar-refractivity contribution in [2.45, 2.75) is 20.3 Å². The Bertz CT molecular complexity index is 819. The van der Waals surface area contributed by atoms with Crippen LogP contribution in [0.5, 0.6) is 11.5 Å². The number of rotatable bonds is 3. The van der Waals surface area contributed by atoms with Crippen LogP contribution >= 0.6 is 0 Å². The van der Waals surface area contributed by atoms with Gasteiger partial charge in [0.2, 0.25) is 0 Å². The predicted octanol–water partition coefficient (Wildman–Crippen LogP) is 5.02. The van der Waals surface area contributed by atoms with E-state index in [1.54, 1.807) is 6.07 Å². The molecule has 0 saturated carbocycles. The van der Waals surface area contributed by atoms with Crippen LogP contribution in [0.15, 0.2) is 58.5 Å². The van der Waals surface area contributed by atoms with Crippen LogP contribution in [0.25, 0.3) is 22.3 Å². The number of aromatic hydroxyl groups is 2. The molecule has 3 nitrogen and oxygen atoms in total. The van der Waals surface area contributed by atoms with Gasteiger partial charge in [-0.05, 0) is 38.5 Å². The molecule has 3 rings (SSSR count). The summed E-state index contributed by atoms with van der Waals surface area (Å²) < 4.78 is 5.87. The fourth-order valence-corrected chi connectivity index (χ4v) is 2.50. The molecule has 0 saturated heterocycles. The summed E-state index contributed by atoms with van der Waals surface area (Å²) in [5.41, 5.74) is 3.42. The molecule has 1 heterocycles. The Morgan fingerprint density at radius 2 is 1.86 bits per heavy atom. The van der Waals surface area contributed by atoms with Gasteiger partial charge < -0.3 is 14.6 Å². The van der Waals surface area contributed by atoms with Gasteiger partial charge in [-0.3, -0.25) is 0 Å². The first kappa shape index (κ1) is 14.3. The third-order valence-corrected chi connectivity index (χ3v) is 3.62. The molecule has 0 bridgehead atoms. The standard InChI is InChI=1S/C19H18O3/c1-12(2)7-8-15-16(10-14(20)11-17(15)21)19-9-13-5-3-4-6-18(13)22-19/h3-7,9-11,20-21H,8H2,1-2H3. The number of phenolic OH excluding ortho intramolecular Hbond substituents is 2. The third-order valence-electron chi connectivity index (χ3n) is 3.62. The molecule has 0 radical (unpaired) electrons. The van der Waals surface area contributed by atoms with Crippen molar-refractivity contribution in [1.29, 1.82) is 0 Å². The minimum Gasteiger partial charge on any atom is -0.508 e. The van der Waals surface area contributed by atoms with Crippen molar-refractivity contribution in [3.8, 4) is 22.8 Å². The SMILES string of the molecule is CC(C)=CCc1c(O)cc(O)cc1-c1cc2ccccc2o1. The van der Waals surface area contributed by atoms with Gasteiger partial charge in [-0.2, -0.15) is 0 Å². The summed E-state index contributed by atoms with van der Waals surface area (Å²) in [6.07, 6.45) is 2.62. The number of hydrogen-bond acceptors (Lipinski definition) is 3. The maximum atomic E-state index is 10.2. The number of furan rings is 1. The molecule has 1 aromatic heterocycles. The zero-order chi connectivity index (χ0) is 15.7. The van der Waals surface area contributed by atoms with Crippen molar-refractivity contribution in [2.24, 2.45) is 0 Å². The highest BCUT2D eigenvalue weighted by molar-refractivity contribution is 5.84. The molecule has 3 aromatic rings. The van der Waals surface area contributed by atoms with Crippen molar-refractivity contribution in [1.82, 2.24) is 0 Å². The van der Waals surface area contributed by atoms with Gasteiger partial charge in [0, 0.05) is 22.6 Å². The van der Waals surface area contributed by atoms with Crippen LogP contribution in [0.2, 0.25) is 0 Å². The minimum absolute atomic E-state index is 0.0221. The maximum Gasteiger partial charge on any atom is 0.135 e. The highest BCUT2D eigenvalue weighted by Gasteiger charge is 2.15. The van der Waals surface area contributed by atoms with Crippen LogP contribution in [0.4, 0.5) is 0 Å². The van der Waals surface area contributed by atoms with E-state index >= 15 is 0 Å². The van der Waals surface area contributed by atoms with Crippen molar-refractivity contribution in [2.75, 3.05) is 0 Å². The van der Waals surface area contributed by atoms with E-state index in [0.717, 1.165) is 16.5 Å². The van der Waals surface area contributed by atoms with E-state index in [0.29, 0.717) is 17.7 Å². The Kier molecular flexibility index (Phi) is 3.63. The summed E-state index contributed by atoms with van der Waals surface area (Å²) in [4.78, 5) is 0. The molecule has 3 heteroatoms. The first-order chi connectivity index (χ1) is 10.5. The summed E-state index contributed by atoms with van der Waals surface area (Å²) in [6.45, 7) is 4.02. The molecule has 0 aliphatic heterocycles. The van der Waals surface area contributed by atoms with Crippen LogP contribution in [0, 0.1) is 0 Å². The number of benzene rings is 2. The van der Waals surface area contributed by atoms with Crippen molar-refractivity contribution >= 4 is 11.0 Å². The lowest BCUT2D eigenvalue weighted by Crippen LogP contribution is -1.89. The molecule has 0 spiro atoms. The molecule has 0 aliphatic carbocycles. The van der Waals surface area contributed by atoms with Crippen LogP contribution in [0.3, 0.4) is 0 Å². The van der Waals surface area contributed by atoms with Crippen LogP contribution in [-0.2, 0) is 6.42 Å². The monoisotopic (exact) mass is 294 g/mol. The Hall–Kier alpha value is -2.68. The number of phenols is 2. The molecular weight excluding hydrogens is 276 g/mol. The smallest absolute Gasteiger partial charge is 0.135 e. The lowest BCUT2D eigenvalue weighted by molar-refractivity contribution is 0.447. The second-order valence-electron chi connectivity index (χ2n) is 5.63. The number of allylic oxidation sites excluding steroid dienone is 2. The first-order valence-corrected chi connectivity index (χ1v) is 7.22. The fourth-order valence-electron chi connectivity index (χ4n) is 2.50. The maximum absolute atomic E-state index is 10.2. The van der Waals surface area contributed by atoms with Crippen molar-refractivity contribution in [3.05, 3.63) is 59.7 Å². The van der Waals surface area contributed by atoms with Gasteiger partial charge in [-0.1, -0.05) is 29.8 Å². The highest BCUT2D eigenvalue weighted by Crippen LogP contribution is 2.37. The Morgan fingerprint density at radius 1 is 1.09 bits per heavy atom. The van der Waals surface area contributed by atoms with Crippen LogP contribution in [0.1, 0.15) is 19.4 Å². The van der Waals surface area contributed by atoms with E-state index in [2.05, 4.69) is 0 Å². The van der Waals surface area contributed by atoms with E-state index < -0.39 is 0 Å². The molecule has 112 valence electrons. The lowest BCUT2D eigenvalue weighted by Gasteiger charge is -2.09. The molecule has 2 aromatic carbocycles. The first-order valence-electron chi connectivity index (χ1n) is 7.22. The summed E-state index contributed by atoms with van der Waals surface area (Å²) in [6, 6.07) is 12.7. The largest absolute Gasteiger partial charge is 0.508 e. The molecule has 2 N–H and O–H groups in total. The number of hydrogen-bond donors (Lipinski definition) is 2.